The molecule has 6 heteroatoms. The standard InChI is InChI=1S/C24H20N4O2/c1-16-7-5-11-22(17(16)2)30-24-21(10-6-14-25-24)28-23(29)13-12-18-15-26-19-8-3-4-9-20(19)27-18/h3-15H,1-2H3,(H,28,29). The van der Waals surface area contributed by atoms with Crippen LogP contribution >= 0.6 is 0 Å². The van der Waals surface area contributed by atoms with Gasteiger partial charge in [0.25, 0.3) is 0 Å². The highest BCUT2D eigenvalue weighted by Crippen LogP contribution is 2.30. The summed E-state index contributed by atoms with van der Waals surface area (Å²) in [7, 11) is 0. The summed E-state index contributed by atoms with van der Waals surface area (Å²) < 4.78 is 5.96. The van der Waals surface area contributed by atoms with Crippen LogP contribution in [0.15, 0.2) is 73.1 Å². The summed E-state index contributed by atoms with van der Waals surface area (Å²) in [6.45, 7) is 4.00. The Labute approximate surface area is 174 Å². The van der Waals surface area contributed by atoms with Gasteiger partial charge in [0.2, 0.25) is 11.8 Å². The van der Waals surface area contributed by atoms with Gasteiger partial charge in [-0.2, -0.15) is 0 Å². The molecule has 0 radical (unpaired) electrons. The van der Waals surface area contributed by atoms with Gasteiger partial charge in [-0.3, -0.25) is 9.78 Å². The van der Waals surface area contributed by atoms with E-state index >= 15 is 0 Å². The quantitative estimate of drug-likeness (QED) is 0.476. The van der Waals surface area contributed by atoms with E-state index in [-0.39, 0.29) is 5.91 Å². The first kappa shape index (κ1) is 19.3. The van der Waals surface area contributed by atoms with Crippen molar-refractivity contribution in [1.29, 1.82) is 0 Å². The summed E-state index contributed by atoms with van der Waals surface area (Å²) in [5.41, 5.74) is 4.81. The van der Waals surface area contributed by atoms with Gasteiger partial charge in [-0.25, -0.2) is 9.97 Å². The van der Waals surface area contributed by atoms with Gasteiger partial charge in [-0.1, -0.05) is 24.3 Å². The first-order valence-electron chi connectivity index (χ1n) is 9.50. The molecule has 0 bridgehead atoms. The minimum absolute atomic E-state index is 0.316. The Morgan fingerprint density at radius 1 is 0.967 bits per heavy atom. The number of fused-ring (bicyclic) bond motifs is 1. The Hall–Kier alpha value is -4.06. The zero-order valence-electron chi connectivity index (χ0n) is 16.7. The summed E-state index contributed by atoms with van der Waals surface area (Å²) in [4.78, 5) is 25.5. The fourth-order valence-electron chi connectivity index (χ4n) is 2.89. The molecular weight excluding hydrogens is 376 g/mol. The summed E-state index contributed by atoms with van der Waals surface area (Å²) in [5, 5.41) is 2.81. The summed E-state index contributed by atoms with van der Waals surface area (Å²) in [6.07, 6.45) is 6.28. The lowest BCUT2D eigenvalue weighted by Crippen LogP contribution is -2.09. The van der Waals surface area contributed by atoms with Crippen LogP contribution in [0.4, 0.5) is 5.69 Å². The van der Waals surface area contributed by atoms with Crippen molar-refractivity contribution in [2.75, 3.05) is 5.32 Å². The molecule has 0 aliphatic heterocycles. The lowest BCUT2D eigenvalue weighted by atomic mass is 10.1. The smallest absolute Gasteiger partial charge is 0.248 e. The number of aryl methyl sites for hydroxylation is 1. The van der Waals surface area contributed by atoms with Crippen LogP contribution in [0.2, 0.25) is 0 Å². The van der Waals surface area contributed by atoms with E-state index in [1.165, 1.54) is 6.08 Å². The van der Waals surface area contributed by atoms with E-state index in [0.29, 0.717) is 23.0 Å². The van der Waals surface area contributed by atoms with Gasteiger partial charge in [0.15, 0.2) is 0 Å². The average Bonchev–Trinajstić information content (AvgIpc) is 2.76. The molecule has 0 fully saturated rings. The van der Waals surface area contributed by atoms with Crippen molar-refractivity contribution < 1.29 is 9.53 Å². The lowest BCUT2D eigenvalue weighted by Gasteiger charge is -2.12. The number of aromatic nitrogens is 3. The van der Waals surface area contributed by atoms with Gasteiger partial charge in [0.05, 0.1) is 22.9 Å². The molecule has 6 nitrogen and oxygen atoms in total. The molecule has 0 saturated carbocycles. The van der Waals surface area contributed by atoms with Gasteiger partial charge < -0.3 is 10.1 Å². The summed E-state index contributed by atoms with van der Waals surface area (Å²) in [6, 6.07) is 16.9. The van der Waals surface area contributed by atoms with Crippen LogP contribution in [-0.4, -0.2) is 20.9 Å². The molecule has 2 aromatic heterocycles. The number of carbonyl (C=O) groups is 1. The SMILES string of the molecule is Cc1cccc(Oc2ncccc2NC(=O)C=Cc2cnc3ccccc3n2)c1C. The van der Waals surface area contributed by atoms with Crippen LogP contribution in [0.5, 0.6) is 11.6 Å². The molecule has 1 amide bonds. The molecule has 4 rings (SSSR count). The van der Waals surface area contributed by atoms with Gasteiger partial charge in [0, 0.05) is 12.3 Å². The maximum absolute atomic E-state index is 12.4. The highest BCUT2D eigenvalue weighted by molar-refractivity contribution is 6.02. The zero-order valence-corrected chi connectivity index (χ0v) is 16.7. The number of para-hydroxylation sites is 2. The van der Waals surface area contributed by atoms with Crippen LogP contribution in [-0.2, 0) is 4.79 Å². The van der Waals surface area contributed by atoms with Crippen molar-refractivity contribution in [3.05, 3.63) is 89.9 Å². The maximum atomic E-state index is 12.4. The predicted octanol–water partition coefficient (Wildman–Crippen LogP) is 5.09. The number of pyridine rings is 1. The number of carbonyl (C=O) groups excluding carboxylic acids is 1. The Bertz CT molecular complexity index is 1250. The van der Waals surface area contributed by atoms with Crippen LogP contribution in [0.25, 0.3) is 17.1 Å². The van der Waals surface area contributed by atoms with Crippen molar-refractivity contribution in [2.24, 2.45) is 0 Å². The Morgan fingerprint density at radius 3 is 2.67 bits per heavy atom. The number of hydrogen-bond donors (Lipinski definition) is 1. The fourth-order valence-corrected chi connectivity index (χ4v) is 2.89. The average molecular weight is 396 g/mol. The third kappa shape index (κ3) is 4.33. The van der Waals surface area contributed by atoms with E-state index in [2.05, 4.69) is 20.3 Å². The van der Waals surface area contributed by atoms with Crippen molar-refractivity contribution in [1.82, 2.24) is 15.0 Å². The van der Waals surface area contributed by atoms with Gasteiger partial charge >= 0.3 is 0 Å². The predicted molar refractivity (Wildman–Crippen MR) is 117 cm³/mol. The Balaban J connectivity index is 1.50. The zero-order chi connectivity index (χ0) is 20.9. The van der Waals surface area contributed by atoms with Gasteiger partial charge in [0.1, 0.15) is 11.4 Å². The van der Waals surface area contributed by atoms with E-state index < -0.39 is 0 Å². The van der Waals surface area contributed by atoms with Crippen molar-refractivity contribution in [2.45, 2.75) is 13.8 Å². The molecule has 30 heavy (non-hydrogen) atoms. The number of benzene rings is 2. The van der Waals surface area contributed by atoms with E-state index in [0.717, 1.165) is 22.2 Å². The molecule has 0 unspecified atom stereocenters. The number of anilines is 1. The highest BCUT2D eigenvalue weighted by atomic mass is 16.5. The van der Waals surface area contributed by atoms with Crippen LogP contribution < -0.4 is 10.1 Å². The largest absolute Gasteiger partial charge is 0.437 e. The van der Waals surface area contributed by atoms with Gasteiger partial charge in [-0.15, -0.1) is 0 Å². The van der Waals surface area contributed by atoms with Crippen molar-refractivity contribution in [3.8, 4) is 11.6 Å². The molecule has 0 spiro atoms. The molecular formula is C24H20N4O2. The molecule has 4 aromatic rings. The number of hydrogen-bond acceptors (Lipinski definition) is 5. The second kappa shape index (κ2) is 8.53. The number of nitrogens with zero attached hydrogens (tertiary/aromatic N) is 3. The number of rotatable bonds is 5. The molecule has 0 aliphatic carbocycles. The van der Waals surface area contributed by atoms with Gasteiger partial charge in [-0.05, 0) is 61.4 Å². The molecule has 1 N–H and O–H groups in total. The van der Waals surface area contributed by atoms with E-state index in [1.807, 2.05) is 56.3 Å². The third-order valence-electron chi connectivity index (χ3n) is 4.66. The highest BCUT2D eigenvalue weighted by Gasteiger charge is 2.10. The Kier molecular flexibility index (Phi) is 5.48. The fraction of sp³-hybridized carbons (Fsp3) is 0.0833. The number of ether oxygens (including phenoxy) is 1. The molecule has 0 atom stereocenters. The number of nitrogens with one attached hydrogen (secondary N) is 1. The lowest BCUT2D eigenvalue weighted by molar-refractivity contribution is -0.111. The number of amides is 1. The van der Waals surface area contributed by atoms with E-state index in [1.54, 1.807) is 30.6 Å². The minimum atomic E-state index is -0.316. The Morgan fingerprint density at radius 2 is 1.80 bits per heavy atom. The minimum Gasteiger partial charge on any atom is -0.437 e. The molecule has 0 saturated heterocycles. The first-order chi connectivity index (χ1) is 14.6. The second-order valence-corrected chi connectivity index (χ2v) is 6.76. The summed E-state index contributed by atoms with van der Waals surface area (Å²) in [5.74, 6) is 0.716. The van der Waals surface area contributed by atoms with E-state index in [9.17, 15) is 4.79 Å². The molecule has 2 aromatic carbocycles. The van der Waals surface area contributed by atoms with E-state index in [4.69, 9.17) is 4.74 Å². The summed E-state index contributed by atoms with van der Waals surface area (Å²) >= 11 is 0. The normalized spacial score (nSPS) is 11.0. The van der Waals surface area contributed by atoms with Crippen LogP contribution in [0.1, 0.15) is 16.8 Å². The molecule has 2 heterocycles. The van der Waals surface area contributed by atoms with Crippen molar-refractivity contribution in [3.63, 3.8) is 0 Å². The first-order valence-corrected chi connectivity index (χ1v) is 9.50. The maximum Gasteiger partial charge on any atom is 0.248 e. The second-order valence-electron chi connectivity index (χ2n) is 6.76. The van der Waals surface area contributed by atoms with Crippen molar-refractivity contribution >= 4 is 28.7 Å². The van der Waals surface area contributed by atoms with Crippen LogP contribution in [0, 0.1) is 13.8 Å². The third-order valence-corrected chi connectivity index (χ3v) is 4.66. The monoisotopic (exact) mass is 396 g/mol. The van der Waals surface area contributed by atoms with Crippen LogP contribution in [0.3, 0.4) is 0 Å². The molecule has 0 aliphatic rings. The molecule has 148 valence electrons. The topological polar surface area (TPSA) is 77.0 Å².